The summed E-state index contributed by atoms with van der Waals surface area (Å²) in [4.78, 5) is 29.5. The van der Waals surface area contributed by atoms with Gasteiger partial charge in [-0.3, -0.25) is 4.79 Å². The van der Waals surface area contributed by atoms with E-state index in [1.165, 1.54) is 13.8 Å². The summed E-state index contributed by atoms with van der Waals surface area (Å²) >= 11 is 0. The van der Waals surface area contributed by atoms with Crippen LogP contribution in [0.15, 0.2) is 12.1 Å². The Morgan fingerprint density at radius 1 is 1.00 bits per heavy atom. The summed E-state index contributed by atoms with van der Waals surface area (Å²) < 4.78 is 11.8. The van der Waals surface area contributed by atoms with Crippen molar-refractivity contribution in [3.63, 3.8) is 0 Å². The number of carbonyl (C=O) groups is 2. The molecule has 2 aliphatic rings. The maximum absolute atomic E-state index is 13.1. The van der Waals surface area contributed by atoms with Crippen molar-refractivity contribution < 1.29 is 29.2 Å². The van der Waals surface area contributed by atoms with E-state index in [0.29, 0.717) is 26.1 Å². The number of aliphatic hydroxyl groups is 2. The number of rotatable bonds is 6. The maximum atomic E-state index is 13.1. The van der Waals surface area contributed by atoms with Gasteiger partial charge in [-0.2, -0.15) is 0 Å². The molecule has 1 saturated heterocycles. The summed E-state index contributed by atoms with van der Waals surface area (Å²) in [5.41, 5.74) is -0.0579. The molecule has 1 aromatic carbocycles. The van der Waals surface area contributed by atoms with Crippen LogP contribution in [-0.4, -0.2) is 75.0 Å². The number of fused-ring (bicyclic) bond motifs is 1. The van der Waals surface area contributed by atoms with Crippen LogP contribution in [0.4, 0.5) is 4.79 Å². The van der Waals surface area contributed by atoms with Crippen molar-refractivity contribution in [1.29, 1.82) is 0 Å². The number of carbonyl (C=O) groups excluding carboxylic acids is 2. The largest absolute Gasteiger partial charge is 0.444 e. The molecule has 0 saturated carbocycles. The average molecular weight is 515 g/mol. The third-order valence-corrected chi connectivity index (χ3v) is 7.41. The Morgan fingerprint density at radius 2 is 1.65 bits per heavy atom. The van der Waals surface area contributed by atoms with Crippen molar-refractivity contribution >= 4 is 24.9 Å². The zero-order valence-electron chi connectivity index (χ0n) is 24.0. The molecule has 1 aromatic rings. The second kappa shape index (κ2) is 10.2. The molecule has 0 spiro atoms. The van der Waals surface area contributed by atoms with E-state index in [-0.39, 0.29) is 18.0 Å². The monoisotopic (exact) mass is 515 g/mol. The van der Waals surface area contributed by atoms with Gasteiger partial charge in [0.25, 0.3) is 5.91 Å². The fourth-order valence-corrected chi connectivity index (χ4v) is 4.64. The number of nitrogens with zero attached hydrogens (tertiary/aromatic N) is 2. The number of hydrogen-bond acceptors (Lipinski definition) is 6. The molecule has 0 unspecified atom stereocenters. The third-order valence-electron chi connectivity index (χ3n) is 7.41. The van der Waals surface area contributed by atoms with Crippen molar-refractivity contribution in [2.75, 3.05) is 13.1 Å². The van der Waals surface area contributed by atoms with Crippen LogP contribution < -0.4 is 5.46 Å². The molecule has 0 bridgehead atoms. The summed E-state index contributed by atoms with van der Waals surface area (Å²) in [5, 5.41) is 20.9. The van der Waals surface area contributed by atoms with Gasteiger partial charge >= 0.3 is 13.6 Å². The first-order valence-electron chi connectivity index (χ1n) is 13.2. The van der Waals surface area contributed by atoms with Gasteiger partial charge in [-0.05, 0) is 98.3 Å². The van der Waals surface area contributed by atoms with Crippen molar-refractivity contribution in [2.45, 2.75) is 117 Å². The lowest BCUT2D eigenvalue weighted by atomic mass is 9.78. The van der Waals surface area contributed by atoms with Crippen LogP contribution in [0.1, 0.15) is 97.9 Å². The highest BCUT2D eigenvalue weighted by Gasteiger charge is 2.39. The van der Waals surface area contributed by atoms with Gasteiger partial charge in [0.05, 0.1) is 17.2 Å². The molecule has 1 fully saturated rings. The number of benzene rings is 1. The van der Waals surface area contributed by atoms with Gasteiger partial charge in [0.15, 0.2) is 0 Å². The number of ether oxygens (including phenoxy) is 1. The highest BCUT2D eigenvalue weighted by molar-refractivity contribution is 6.47. The van der Waals surface area contributed by atoms with Crippen molar-refractivity contribution in [1.82, 2.24) is 9.80 Å². The fraction of sp³-hybridized carbons (Fsp3) is 0.714. The predicted molar refractivity (Wildman–Crippen MR) is 144 cm³/mol. The Labute approximate surface area is 222 Å². The summed E-state index contributed by atoms with van der Waals surface area (Å²) in [6, 6.07) is 3.87. The summed E-state index contributed by atoms with van der Waals surface area (Å²) in [5.74, 6) is -0.314. The van der Waals surface area contributed by atoms with Crippen LogP contribution in [0, 0.1) is 0 Å². The quantitative estimate of drug-likeness (QED) is 0.565. The average Bonchev–Trinajstić information content (AvgIpc) is 3.23. The molecule has 1 atom stereocenters. The molecule has 0 aliphatic carbocycles. The Bertz CT molecular complexity index is 1020. The lowest BCUT2D eigenvalue weighted by Crippen LogP contribution is -2.49. The van der Waals surface area contributed by atoms with Crippen LogP contribution in [0.5, 0.6) is 0 Å². The first kappa shape index (κ1) is 29.5. The van der Waals surface area contributed by atoms with Crippen LogP contribution in [0.25, 0.3) is 0 Å². The van der Waals surface area contributed by atoms with E-state index in [1.54, 1.807) is 31.1 Å². The van der Waals surface area contributed by atoms with E-state index >= 15 is 0 Å². The van der Waals surface area contributed by atoms with E-state index in [4.69, 9.17) is 9.39 Å². The highest BCUT2D eigenvalue weighted by atomic mass is 16.6. The van der Waals surface area contributed by atoms with Crippen LogP contribution >= 0.6 is 0 Å². The first-order chi connectivity index (χ1) is 16.8. The van der Waals surface area contributed by atoms with Gasteiger partial charge in [-0.25, -0.2) is 4.79 Å². The normalized spacial score (nSPS) is 19.1. The summed E-state index contributed by atoms with van der Waals surface area (Å²) in [7, 11) is 1.67. The molecule has 3 rings (SSSR count). The minimum Gasteiger partial charge on any atom is -0.444 e. The van der Waals surface area contributed by atoms with Crippen molar-refractivity contribution in [3.05, 3.63) is 28.8 Å². The van der Waals surface area contributed by atoms with Gasteiger partial charge in [0, 0.05) is 19.6 Å². The Hall–Kier alpha value is -2.10. The zero-order valence-corrected chi connectivity index (χ0v) is 24.0. The van der Waals surface area contributed by atoms with E-state index < -0.39 is 22.4 Å². The fourth-order valence-electron chi connectivity index (χ4n) is 4.64. The Morgan fingerprint density at radius 3 is 2.22 bits per heavy atom. The maximum Gasteiger partial charge on any atom is 0.410 e. The molecule has 1 radical (unpaired) electrons. The molecule has 2 heterocycles. The van der Waals surface area contributed by atoms with Crippen LogP contribution in [0.2, 0.25) is 0 Å². The SMILES string of the molecule is CC(C)(C)OC(=O)N1CCC[C@H]1c1cc([B]OC(C)(C)C(C)(C)O)cc2c1CN(C(=O)C(C)(C)O)CC2. The minimum atomic E-state index is -1.46. The van der Waals surface area contributed by atoms with E-state index in [9.17, 15) is 19.8 Å². The smallest absolute Gasteiger partial charge is 0.410 e. The van der Waals surface area contributed by atoms with Crippen LogP contribution in [0.3, 0.4) is 0 Å². The molecule has 8 nitrogen and oxygen atoms in total. The molecule has 0 aromatic heterocycles. The predicted octanol–water partition coefficient (Wildman–Crippen LogP) is 3.22. The molecule has 37 heavy (non-hydrogen) atoms. The van der Waals surface area contributed by atoms with Crippen molar-refractivity contribution in [3.8, 4) is 0 Å². The second-order valence-corrected chi connectivity index (χ2v) is 12.9. The summed E-state index contributed by atoms with van der Waals surface area (Å²) in [6.45, 7) is 17.1. The van der Waals surface area contributed by atoms with Gasteiger partial charge in [-0.1, -0.05) is 17.6 Å². The molecule has 9 heteroatoms. The first-order valence-corrected chi connectivity index (χ1v) is 13.2. The van der Waals surface area contributed by atoms with Gasteiger partial charge in [0.2, 0.25) is 0 Å². The van der Waals surface area contributed by atoms with E-state index in [1.807, 2.05) is 40.7 Å². The molecule has 2 aliphatic heterocycles. The van der Waals surface area contributed by atoms with E-state index in [0.717, 1.165) is 35.0 Å². The molecular formula is C28H44BN2O6. The van der Waals surface area contributed by atoms with Gasteiger partial charge in [0.1, 0.15) is 11.2 Å². The lowest BCUT2D eigenvalue weighted by Gasteiger charge is -2.38. The highest BCUT2D eigenvalue weighted by Crippen LogP contribution is 2.37. The number of likely N-dealkylation sites (tertiary alicyclic amines) is 1. The van der Waals surface area contributed by atoms with Gasteiger partial charge < -0.3 is 29.4 Å². The van der Waals surface area contributed by atoms with Crippen LogP contribution in [-0.2, 0) is 27.2 Å². The van der Waals surface area contributed by atoms with E-state index in [2.05, 4.69) is 6.07 Å². The zero-order chi connectivity index (χ0) is 28.0. The number of hydrogen-bond donors (Lipinski definition) is 2. The summed E-state index contributed by atoms with van der Waals surface area (Å²) in [6.07, 6.45) is 1.91. The van der Waals surface area contributed by atoms with Gasteiger partial charge in [-0.15, -0.1) is 0 Å². The molecule has 2 N–H and O–H groups in total. The minimum absolute atomic E-state index is 0.198. The second-order valence-electron chi connectivity index (χ2n) is 12.9. The Balaban J connectivity index is 2.00. The lowest BCUT2D eigenvalue weighted by molar-refractivity contribution is -0.148. The molecular weight excluding hydrogens is 471 g/mol. The standard InChI is InChI=1S/C28H44BN2O6/c1-25(2,3)36-24(33)31-13-10-11-22(31)20-16-19(29-37-28(8,9)27(6,7)35)15-18-12-14-30(17-21(18)20)23(32)26(4,5)34/h15-16,22,34-35H,10-14,17H2,1-9H3/t22-/m0/s1. The third kappa shape index (κ3) is 6.86. The topological polar surface area (TPSA) is 99.5 Å². The van der Waals surface area contributed by atoms with Crippen molar-refractivity contribution in [2.24, 2.45) is 0 Å². The molecule has 205 valence electrons. The molecule has 2 amide bonds. The number of amides is 2. The Kier molecular flexibility index (Phi) is 8.15.